The van der Waals surface area contributed by atoms with Crippen LogP contribution in [0.5, 0.6) is 0 Å². The molecule has 0 spiro atoms. The third-order valence-electron chi connectivity index (χ3n) is 4.70. The molecule has 1 aromatic rings. The monoisotopic (exact) mass is 337 g/mol. The number of benzene rings is 1. The third kappa shape index (κ3) is 4.56. The standard InChI is InChI=1S/C18H27NO3S/c1-3-13-23(21,22)17-8-6-5-7-16(17)18(20)19-15-11-9-14(4-2)10-12-15/h5-8,14-15H,3-4,9-13H2,1-2H3,(H,19,20). The average molecular weight is 337 g/mol. The van der Waals surface area contributed by atoms with Crippen molar-refractivity contribution in [3.8, 4) is 0 Å². The Morgan fingerprint density at radius 3 is 2.39 bits per heavy atom. The van der Waals surface area contributed by atoms with Gasteiger partial charge >= 0.3 is 0 Å². The summed E-state index contributed by atoms with van der Waals surface area (Å²) in [6, 6.07) is 6.69. The van der Waals surface area contributed by atoms with Crippen LogP contribution in [0, 0.1) is 5.92 Å². The number of amides is 1. The van der Waals surface area contributed by atoms with Crippen LogP contribution in [0.25, 0.3) is 0 Å². The van der Waals surface area contributed by atoms with Gasteiger partial charge in [-0.25, -0.2) is 8.42 Å². The maximum Gasteiger partial charge on any atom is 0.252 e. The van der Waals surface area contributed by atoms with Gasteiger partial charge in [-0.1, -0.05) is 32.4 Å². The molecule has 1 N–H and O–H groups in total. The third-order valence-corrected chi connectivity index (χ3v) is 6.67. The highest BCUT2D eigenvalue weighted by Crippen LogP contribution is 2.27. The van der Waals surface area contributed by atoms with E-state index in [1.807, 2.05) is 6.92 Å². The average Bonchev–Trinajstić information content (AvgIpc) is 2.55. The number of hydrogen-bond donors (Lipinski definition) is 1. The molecule has 0 atom stereocenters. The Balaban J connectivity index is 2.11. The summed E-state index contributed by atoms with van der Waals surface area (Å²) in [7, 11) is -3.40. The van der Waals surface area contributed by atoms with Gasteiger partial charge in [-0.05, 0) is 50.2 Å². The zero-order chi connectivity index (χ0) is 16.9. The van der Waals surface area contributed by atoms with Crippen LogP contribution < -0.4 is 5.32 Å². The summed E-state index contributed by atoms with van der Waals surface area (Å²) >= 11 is 0. The summed E-state index contributed by atoms with van der Waals surface area (Å²) in [5.41, 5.74) is 0.276. The lowest BCUT2D eigenvalue weighted by Crippen LogP contribution is -2.38. The first-order valence-corrected chi connectivity index (χ1v) is 10.3. The van der Waals surface area contributed by atoms with Gasteiger partial charge in [-0.2, -0.15) is 0 Å². The normalized spacial score (nSPS) is 21.8. The van der Waals surface area contributed by atoms with Crippen molar-refractivity contribution in [2.45, 2.75) is 63.3 Å². The molecule has 2 rings (SSSR count). The predicted molar refractivity (Wildman–Crippen MR) is 92.3 cm³/mol. The lowest BCUT2D eigenvalue weighted by Gasteiger charge is -2.28. The van der Waals surface area contributed by atoms with Gasteiger partial charge in [0.1, 0.15) is 0 Å². The highest BCUT2D eigenvalue weighted by molar-refractivity contribution is 7.91. The van der Waals surface area contributed by atoms with E-state index < -0.39 is 9.84 Å². The summed E-state index contributed by atoms with van der Waals surface area (Å²) in [6.07, 6.45) is 5.97. The quantitative estimate of drug-likeness (QED) is 0.863. The second-order valence-electron chi connectivity index (χ2n) is 6.41. The highest BCUT2D eigenvalue weighted by Gasteiger charge is 2.25. The van der Waals surface area contributed by atoms with Gasteiger partial charge in [0.2, 0.25) is 0 Å². The van der Waals surface area contributed by atoms with Gasteiger partial charge in [0, 0.05) is 6.04 Å². The Bertz CT molecular complexity index is 631. The van der Waals surface area contributed by atoms with Crippen LogP contribution in [-0.4, -0.2) is 26.1 Å². The fourth-order valence-corrected chi connectivity index (χ4v) is 4.82. The minimum Gasteiger partial charge on any atom is -0.349 e. The van der Waals surface area contributed by atoms with E-state index in [1.54, 1.807) is 18.2 Å². The van der Waals surface area contributed by atoms with Crippen molar-refractivity contribution in [2.75, 3.05) is 5.75 Å². The van der Waals surface area contributed by atoms with Gasteiger partial charge in [0.25, 0.3) is 5.91 Å². The molecule has 0 heterocycles. The van der Waals surface area contributed by atoms with Crippen molar-refractivity contribution in [1.82, 2.24) is 5.32 Å². The number of rotatable bonds is 6. The Labute approximate surface area is 139 Å². The van der Waals surface area contributed by atoms with Crippen LogP contribution in [0.2, 0.25) is 0 Å². The van der Waals surface area contributed by atoms with E-state index in [4.69, 9.17) is 0 Å². The van der Waals surface area contributed by atoms with Gasteiger partial charge in [0.05, 0.1) is 16.2 Å². The number of sulfone groups is 1. The van der Waals surface area contributed by atoms with Gasteiger partial charge in [0.15, 0.2) is 9.84 Å². The maximum absolute atomic E-state index is 12.6. The van der Waals surface area contributed by atoms with Crippen LogP contribution in [0.15, 0.2) is 29.2 Å². The molecule has 0 aromatic heterocycles. The summed E-state index contributed by atoms with van der Waals surface area (Å²) in [5, 5.41) is 3.03. The topological polar surface area (TPSA) is 63.2 Å². The van der Waals surface area contributed by atoms with E-state index in [1.165, 1.54) is 12.5 Å². The molecule has 1 saturated carbocycles. The van der Waals surface area contributed by atoms with E-state index in [0.717, 1.165) is 31.6 Å². The van der Waals surface area contributed by atoms with Crippen molar-refractivity contribution in [3.63, 3.8) is 0 Å². The molecular weight excluding hydrogens is 310 g/mol. The molecule has 1 aromatic carbocycles. The molecule has 1 amide bonds. The van der Waals surface area contributed by atoms with Gasteiger partial charge < -0.3 is 5.32 Å². The molecule has 0 bridgehead atoms. The maximum atomic E-state index is 12.6. The lowest BCUT2D eigenvalue weighted by atomic mass is 9.84. The Morgan fingerprint density at radius 1 is 1.13 bits per heavy atom. The molecule has 1 aliphatic carbocycles. The van der Waals surface area contributed by atoms with E-state index in [0.29, 0.717) is 6.42 Å². The predicted octanol–water partition coefficient (Wildman–Crippen LogP) is 3.57. The summed E-state index contributed by atoms with van der Waals surface area (Å²) in [6.45, 7) is 4.03. The first-order chi connectivity index (χ1) is 11.0. The minimum absolute atomic E-state index is 0.0684. The number of carbonyl (C=O) groups is 1. The van der Waals surface area contributed by atoms with Gasteiger partial charge in [-0.3, -0.25) is 4.79 Å². The smallest absolute Gasteiger partial charge is 0.252 e. The second kappa shape index (κ2) is 7.95. The fraction of sp³-hybridized carbons (Fsp3) is 0.611. The summed E-state index contributed by atoms with van der Waals surface area (Å²) in [4.78, 5) is 12.7. The van der Waals surface area contributed by atoms with E-state index in [2.05, 4.69) is 12.2 Å². The molecule has 0 aliphatic heterocycles. The molecule has 4 nitrogen and oxygen atoms in total. The molecule has 5 heteroatoms. The summed E-state index contributed by atoms with van der Waals surface area (Å²) < 4.78 is 24.7. The van der Waals surface area contributed by atoms with Crippen LogP contribution >= 0.6 is 0 Å². The first-order valence-electron chi connectivity index (χ1n) is 8.60. The van der Waals surface area contributed by atoms with Crippen LogP contribution in [0.4, 0.5) is 0 Å². The molecule has 1 aliphatic rings. The summed E-state index contributed by atoms with van der Waals surface area (Å²) in [5.74, 6) is 0.569. The van der Waals surface area contributed by atoms with Crippen molar-refractivity contribution in [2.24, 2.45) is 5.92 Å². The molecule has 0 radical (unpaired) electrons. The van der Waals surface area contributed by atoms with E-state index in [9.17, 15) is 13.2 Å². The zero-order valence-corrected chi connectivity index (χ0v) is 14.9. The van der Waals surface area contributed by atoms with Crippen molar-refractivity contribution >= 4 is 15.7 Å². The van der Waals surface area contributed by atoms with Crippen LogP contribution in [-0.2, 0) is 9.84 Å². The number of nitrogens with one attached hydrogen (secondary N) is 1. The molecular formula is C18H27NO3S. The SMILES string of the molecule is CCCS(=O)(=O)c1ccccc1C(=O)NC1CCC(CC)CC1. The van der Waals surface area contributed by atoms with Crippen LogP contribution in [0.3, 0.4) is 0 Å². The minimum atomic E-state index is -3.40. The largest absolute Gasteiger partial charge is 0.349 e. The molecule has 0 saturated heterocycles. The number of carbonyl (C=O) groups excluding carboxylic acids is 1. The van der Waals surface area contributed by atoms with E-state index in [-0.39, 0.29) is 28.2 Å². The van der Waals surface area contributed by atoms with Crippen molar-refractivity contribution in [3.05, 3.63) is 29.8 Å². The van der Waals surface area contributed by atoms with Crippen molar-refractivity contribution in [1.29, 1.82) is 0 Å². The fourth-order valence-electron chi connectivity index (χ4n) is 3.28. The molecule has 128 valence electrons. The molecule has 1 fully saturated rings. The highest BCUT2D eigenvalue weighted by atomic mass is 32.2. The molecule has 23 heavy (non-hydrogen) atoms. The van der Waals surface area contributed by atoms with Gasteiger partial charge in [-0.15, -0.1) is 0 Å². The number of hydrogen-bond acceptors (Lipinski definition) is 3. The van der Waals surface area contributed by atoms with E-state index >= 15 is 0 Å². The van der Waals surface area contributed by atoms with Crippen LogP contribution in [0.1, 0.15) is 62.7 Å². The molecule has 0 unspecified atom stereocenters. The zero-order valence-electron chi connectivity index (χ0n) is 14.0. The second-order valence-corrected chi connectivity index (χ2v) is 8.49. The Kier molecular flexibility index (Phi) is 6.22. The van der Waals surface area contributed by atoms with Crippen molar-refractivity contribution < 1.29 is 13.2 Å². The first kappa shape index (κ1) is 18.0. The Morgan fingerprint density at radius 2 is 1.78 bits per heavy atom. The Hall–Kier alpha value is -1.36. The lowest BCUT2D eigenvalue weighted by molar-refractivity contribution is 0.0918.